The van der Waals surface area contributed by atoms with Crippen LogP contribution in [0.5, 0.6) is 0 Å². The van der Waals surface area contributed by atoms with E-state index in [9.17, 15) is 0 Å². The van der Waals surface area contributed by atoms with E-state index in [0.717, 1.165) is 19.7 Å². The van der Waals surface area contributed by atoms with E-state index < -0.39 is 0 Å². The molecular formula is C13H19NO. The molecular weight excluding hydrogens is 186 g/mol. The molecule has 0 bridgehead atoms. The lowest BCUT2D eigenvalue weighted by molar-refractivity contribution is 0.0253. The summed E-state index contributed by atoms with van der Waals surface area (Å²) >= 11 is 0. The van der Waals surface area contributed by atoms with Gasteiger partial charge >= 0.3 is 0 Å². The molecule has 1 atom stereocenters. The molecule has 1 fully saturated rings. The summed E-state index contributed by atoms with van der Waals surface area (Å²) in [5.74, 6) is 0. The predicted octanol–water partition coefficient (Wildman–Crippen LogP) is 2.26. The molecule has 0 saturated carbocycles. The molecule has 1 heterocycles. The lowest BCUT2D eigenvalue weighted by Gasteiger charge is -2.23. The summed E-state index contributed by atoms with van der Waals surface area (Å²) in [5, 5.41) is 3.36. The van der Waals surface area contributed by atoms with E-state index in [1.807, 2.05) is 0 Å². The molecule has 1 aromatic carbocycles. The van der Waals surface area contributed by atoms with Crippen LogP contribution < -0.4 is 5.32 Å². The van der Waals surface area contributed by atoms with Gasteiger partial charge in [-0.25, -0.2) is 0 Å². The Bertz CT molecular complexity index is 288. The number of benzene rings is 1. The van der Waals surface area contributed by atoms with Crippen LogP contribution in [0.1, 0.15) is 24.0 Å². The second kappa shape index (κ2) is 5.29. The Labute approximate surface area is 91.6 Å². The van der Waals surface area contributed by atoms with Gasteiger partial charge in [-0.1, -0.05) is 29.8 Å². The standard InChI is InChI=1S/C13H19NO/c1-11-4-6-12(7-5-11)10-15-13-3-2-8-14-9-13/h4-7,13-14H,2-3,8-10H2,1H3/t13-/m1/s1. The third kappa shape index (κ3) is 3.33. The number of rotatable bonds is 3. The van der Waals surface area contributed by atoms with Crippen molar-refractivity contribution in [1.29, 1.82) is 0 Å². The zero-order chi connectivity index (χ0) is 10.5. The fourth-order valence-corrected chi connectivity index (χ4v) is 1.86. The van der Waals surface area contributed by atoms with Crippen LogP contribution >= 0.6 is 0 Å². The molecule has 0 radical (unpaired) electrons. The molecule has 1 aliphatic rings. The van der Waals surface area contributed by atoms with Gasteiger partial charge in [0.25, 0.3) is 0 Å². The molecule has 0 aromatic heterocycles. The maximum Gasteiger partial charge on any atom is 0.0721 e. The topological polar surface area (TPSA) is 21.3 Å². The Morgan fingerprint density at radius 2 is 2.13 bits per heavy atom. The number of aryl methyl sites for hydroxylation is 1. The molecule has 1 N–H and O–H groups in total. The highest BCUT2D eigenvalue weighted by Crippen LogP contribution is 2.10. The minimum absolute atomic E-state index is 0.403. The highest BCUT2D eigenvalue weighted by atomic mass is 16.5. The molecule has 0 unspecified atom stereocenters. The third-order valence-corrected chi connectivity index (χ3v) is 2.86. The molecule has 0 aliphatic carbocycles. The summed E-state index contributed by atoms with van der Waals surface area (Å²) in [5.41, 5.74) is 2.57. The molecule has 0 spiro atoms. The van der Waals surface area contributed by atoms with Gasteiger partial charge in [0.2, 0.25) is 0 Å². The van der Waals surface area contributed by atoms with E-state index in [0.29, 0.717) is 6.10 Å². The highest BCUT2D eigenvalue weighted by molar-refractivity contribution is 5.20. The van der Waals surface area contributed by atoms with Crippen molar-refractivity contribution in [3.63, 3.8) is 0 Å². The normalized spacial score (nSPS) is 21.5. The van der Waals surface area contributed by atoms with E-state index in [1.54, 1.807) is 0 Å². The number of hydrogen-bond acceptors (Lipinski definition) is 2. The first-order valence-corrected chi connectivity index (χ1v) is 5.72. The van der Waals surface area contributed by atoms with Crippen LogP contribution in [0, 0.1) is 6.92 Å². The zero-order valence-electron chi connectivity index (χ0n) is 9.33. The van der Waals surface area contributed by atoms with Gasteiger partial charge in [-0.2, -0.15) is 0 Å². The van der Waals surface area contributed by atoms with Crippen LogP contribution in [0.25, 0.3) is 0 Å². The van der Waals surface area contributed by atoms with Crippen LogP contribution in [0.3, 0.4) is 0 Å². The Kier molecular flexibility index (Phi) is 3.75. The van der Waals surface area contributed by atoms with E-state index in [1.165, 1.54) is 24.0 Å². The minimum Gasteiger partial charge on any atom is -0.372 e. The maximum absolute atomic E-state index is 5.85. The Morgan fingerprint density at radius 1 is 1.33 bits per heavy atom. The summed E-state index contributed by atoms with van der Waals surface area (Å²) < 4.78 is 5.85. The van der Waals surface area contributed by atoms with Gasteiger partial charge in [0.05, 0.1) is 12.7 Å². The summed E-state index contributed by atoms with van der Waals surface area (Å²) in [7, 11) is 0. The number of nitrogens with one attached hydrogen (secondary N) is 1. The Hall–Kier alpha value is -0.860. The van der Waals surface area contributed by atoms with Crippen LogP contribution in [0.15, 0.2) is 24.3 Å². The Morgan fingerprint density at radius 3 is 2.80 bits per heavy atom. The van der Waals surface area contributed by atoms with Gasteiger partial charge in [-0.15, -0.1) is 0 Å². The number of hydrogen-bond donors (Lipinski definition) is 1. The minimum atomic E-state index is 0.403. The summed E-state index contributed by atoms with van der Waals surface area (Å²) in [6, 6.07) is 8.56. The second-order valence-corrected chi connectivity index (χ2v) is 4.26. The first-order valence-electron chi connectivity index (χ1n) is 5.72. The van der Waals surface area contributed by atoms with Crippen molar-refractivity contribution in [3.05, 3.63) is 35.4 Å². The Balaban J connectivity index is 1.79. The molecule has 0 amide bonds. The van der Waals surface area contributed by atoms with Crippen LogP contribution in [-0.2, 0) is 11.3 Å². The van der Waals surface area contributed by atoms with Crippen molar-refractivity contribution < 1.29 is 4.74 Å². The van der Waals surface area contributed by atoms with Gasteiger partial charge in [-0.3, -0.25) is 0 Å². The van der Waals surface area contributed by atoms with Crippen LogP contribution in [0.2, 0.25) is 0 Å². The first-order chi connectivity index (χ1) is 7.34. The lowest BCUT2D eigenvalue weighted by Crippen LogP contribution is -2.35. The maximum atomic E-state index is 5.85. The van der Waals surface area contributed by atoms with Gasteiger partial charge in [-0.05, 0) is 31.9 Å². The molecule has 82 valence electrons. The molecule has 2 heteroatoms. The van der Waals surface area contributed by atoms with E-state index in [2.05, 4.69) is 36.5 Å². The van der Waals surface area contributed by atoms with Crippen LogP contribution in [-0.4, -0.2) is 19.2 Å². The van der Waals surface area contributed by atoms with Crippen LogP contribution in [0.4, 0.5) is 0 Å². The van der Waals surface area contributed by atoms with Crippen molar-refractivity contribution in [2.45, 2.75) is 32.5 Å². The summed E-state index contributed by atoms with van der Waals surface area (Å²) in [6.07, 6.45) is 2.83. The van der Waals surface area contributed by atoms with Gasteiger partial charge < -0.3 is 10.1 Å². The molecule has 2 rings (SSSR count). The van der Waals surface area contributed by atoms with Crippen molar-refractivity contribution >= 4 is 0 Å². The van der Waals surface area contributed by atoms with Crippen molar-refractivity contribution in [3.8, 4) is 0 Å². The van der Waals surface area contributed by atoms with Crippen molar-refractivity contribution in [2.75, 3.05) is 13.1 Å². The monoisotopic (exact) mass is 205 g/mol. The lowest BCUT2D eigenvalue weighted by atomic mass is 10.1. The first kappa shape index (κ1) is 10.7. The number of ether oxygens (including phenoxy) is 1. The fourth-order valence-electron chi connectivity index (χ4n) is 1.86. The summed E-state index contributed by atoms with van der Waals surface area (Å²) in [4.78, 5) is 0. The largest absolute Gasteiger partial charge is 0.372 e. The smallest absolute Gasteiger partial charge is 0.0721 e. The average Bonchev–Trinajstić information content (AvgIpc) is 2.30. The predicted molar refractivity (Wildman–Crippen MR) is 61.9 cm³/mol. The van der Waals surface area contributed by atoms with Crippen molar-refractivity contribution in [1.82, 2.24) is 5.32 Å². The van der Waals surface area contributed by atoms with E-state index >= 15 is 0 Å². The van der Waals surface area contributed by atoms with Gasteiger partial charge in [0.1, 0.15) is 0 Å². The molecule has 15 heavy (non-hydrogen) atoms. The summed E-state index contributed by atoms with van der Waals surface area (Å²) in [6.45, 7) is 5.00. The molecule has 1 aromatic rings. The van der Waals surface area contributed by atoms with E-state index in [4.69, 9.17) is 4.74 Å². The molecule has 2 nitrogen and oxygen atoms in total. The van der Waals surface area contributed by atoms with Gasteiger partial charge in [0, 0.05) is 6.54 Å². The molecule has 1 saturated heterocycles. The number of piperidine rings is 1. The SMILES string of the molecule is Cc1ccc(CO[C@@H]2CCCNC2)cc1. The molecule has 1 aliphatic heterocycles. The van der Waals surface area contributed by atoms with Crippen molar-refractivity contribution in [2.24, 2.45) is 0 Å². The average molecular weight is 205 g/mol. The highest BCUT2D eigenvalue weighted by Gasteiger charge is 2.12. The third-order valence-electron chi connectivity index (χ3n) is 2.86. The second-order valence-electron chi connectivity index (χ2n) is 4.26. The zero-order valence-corrected chi connectivity index (χ0v) is 9.33. The fraction of sp³-hybridized carbons (Fsp3) is 0.538. The quantitative estimate of drug-likeness (QED) is 0.817. The van der Waals surface area contributed by atoms with E-state index in [-0.39, 0.29) is 0 Å². The van der Waals surface area contributed by atoms with Gasteiger partial charge in [0.15, 0.2) is 0 Å².